The van der Waals surface area contributed by atoms with E-state index in [1.165, 1.54) is 0 Å². The van der Waals surface area contributed by atoms with E-state index in [-0.39, 0.29) is 18.0 Å². The van der Waals surface area contributed by atoms with E-state index in [0.717, 1.165) is 39.5 Å². The SMILES string of the molecule is COc1ccc([C@@H]2Oc3ccccc3[C@H]3CC(c4cc(C)ccc4O)=NN32)cc1. The molecular weight excluding hydrogens is 364 g/mol. The predicted molar refractivity (Wildman–Crippen MR) is 111 cm³/mol. The number of benzene rings is 3. The number of hydrazone groups is 1. The zero-order chi connectivity index (χ0) is 20.0. The van der Waals surface area contributed by atoms with Crippen molar-refractivity contribution in [2.24, 2.45) is 5.10 Å². The highest BCUT2D eigenvalue weighted by molar-refractivity contribution is 6.04. The van der Waals surface area contributed by atoms with Crippen LogP contribution in [0.4, 0.5) is 0 Å². The van der Waals surface area contributed by atoms with Crippen molar-refractivity contribution < 1.29 is 14.6 Å². The number of aryl methyl sites for hydroxylation is 1. The molecule has 3 aromatic rings. The molecule has 3 aromatic carbocycles. The van der Waals surface area contributed by atoms with E-state index in [2.05, 4.69) is 6.07 Å². The highest BCUT2D eigenvalue weighted by Gasteiger charge is 2.41. The van der Waals surface area contributed by atoms with Gasteiger partial charge in [0.1, 0.15) is 17.2 Å². The van der Waals surface area contributed by atoms with Crippen LogP contribution in [0, 0.1) is 6.92 Å². The highest BCUT2D eigenvalue weighted by atomic mass is 16.5. The van der Waals surface area contributed by atoms with Crippen LogP contribution in [0.2, 0.25) is 0 Å². The average Bonchev–Trinajstić information content (AvgIpc) is 3.20. The van der Waals surface area contributed by atoms with Gasteiger partial charge in [0, 0.05) is 23.1 Å². The Hall–Kier alpha value is -3.47. The molecule has 2 atom stereocenters. The first-order chi connectivity index (χ1) is 14.1. The van der Waals surface area contributed by atoms with E-state index >= 15 is 0 Å². The molecule has 0 fully saturated rings. The minimum Gasteiger partial charge on any atom is -0.507 e. The van der Waals surface area contributed by atoms with Gasteiger partial charge in [0.15, 0.2) is 0 Å². The maximum absolute atomic E-state index is 10.4. The van der Waals surface area contributed by atoms with Crippen LogP contribution in [0.5, 0.6) is 17.2 Å². The first-order valence-corrected chi connectivity index (χ1v) is 9.69. The van der Waals surface area contributed by atoms with E-state index in [9.17, 15) is 5.11 Å². The summed E-state index contributed by atoms with van der Waals surface area (Å²) in [7, 11) is 1.66. The number of methoxy groups -OCH3 is 1. The Morgan fingerprint density at radius 2 is 1.86 bits per heavy atom. The third-order valence-electron chi connectivity index (χ3n) is 5.56. The summed E-state index contributed by atoms with van der Waals surface area (Å²) in [6, 6.07) is 21.7. The number of ether oxygens (including phenoxy) is 2. The van der Waals surface area contributed by atoms with E-state index in [1.54, 1.807) is 13.2 Å². The topological polar surface area (TPSA) is 54.3 Å². The van der Waals surface area contributed by atoms with Gasteiger partial charge < -0.3 is 14.6 Å². The minimum atomic E-state index is -0.342. The van der Waals surface area contributed by atoms with E-state index in [1.807, 2.05) is 66.5 Å². The lowest BCUT2D eigenvalue weighted by atomic mass is 9.95. The second-order valence-electron chi connectivity index (χ2n) is 7.45. The quantitative estimate of drug-likeness (QED) is 0.692. The van der Waals surface area contributed by atoms with Gasteiger partial charge in [0.05, 0.1) is 18.9 Å². The van der Waals surface area contributed by atoms with Crippen molar-refractivity contribution in [2.45, 2.75) is 25.6 Å². The molecule has 5 nitrogen and oxygen atoms in total. The summed E-state index contributed by atoms with van der Waals surface area (Å²) in [6.07, 6.45) is 0.370. The number of rotatable bonds is 3. The molecule has 0 bridgehead atoms. The lowest BCUT2D eigenvalue weighted by Gasteiger charge is -2.38. The maximum atomic E-state index is 10.4. The zero-order valence-electron chi connectivity index (χ0n) is 16.4. The van der Waals surface area contributed by atoms with Crippen molar-refractivity contribution in [1.82, 2.24) is 5.01 Å². The Kier molecular flexibility index (Phi) is 4.16. The molecule has 0 saturated heterocycles. The molecule has 2 heterocycles. The predicted octanol–water partition coefficient (Wildman–Crippen LogP) is 4.95. The number of para-hydroxylation sites is 1. The molecule has 0 aliphatic carbocycles. The van der Waals surface area contributed by atoms with Crippen molar-refractivity contribution >= 4 is 5.71 Å². The van der Waals surface area contributed by atoms with Gasteiger partial charge in [-0.15, -0.1) is 0 Å². The van der Waals surface area contributed by atoms with Gasteiger partial charge in [-0.2, -0.15) is 5.10 Å². The van der Waals surface area contributed by atoms with Crippen molar-refractivity contribution in [3.05, 3.63) is 89.0 Å². The molecule has 0 unspecified atom stereocenters. The molecule has 146 valence electrons. The van der Waals surface area contributed by atoms with Crippen molar-refractivity contribution in [3.63, 3.8) is 0 Å². The second-order valence-corrected chi connectivity index (χ2v) is 7.45. The van der Waals surface area contributed by atoms with Crippen LogP contribution in [0.1, 0.15) is 40.9 Å². The van der Waals surface area contributed by atoms with E-state index < -0.39 is 0 Å². The Morgan fingerprint density at radius 1 is 1.07 bits per heavy atom. The summed E-state index contributed by atoms with van der Waals surface area (Å²) in [5.41, 5.74) is 4.86. The molecule has 1 N–H and O–H groups in total. The Morgan fingerprint density at radius 3 is 2.66 bits per heavy atom. The number of fused-ring (bicyclic) bond motifs is 3. The van der Waals surface area contributed by atoms with Crippen LogP contribution >= 0.6 is 0 Å². The normalized spacial score (nSPS) is 19.8. The highest BCUT2D eigenvalue weighted by Crippen LogP contribution is 2.48. The zero-order valence-corrected chi connectivity index (χ0v) is 16.4. The molecule has 5 rings (SSSR count). The number of phenolic OH excluding ortho intramolecular Hbond substituents is 1. The van der Waals surface area contributed by atoms with Gasteiger partial charge in [-0.05, 0) is 49.4 Å². The molecule has 2 aliphatic rings. The number of nitrogens with zero attached hydrogens (tertiary/aromatic N) is 2. The second kappa shape index (κ2) is 6.85. The maximum Gasteiger partial charge on any atom is 0.213 e. The molecular formula is C24H22N2O3. The van der Waals surface area contributed by atoms with Gasteiger partial charge in [-0.1, -0.05) is 29.8 Å². The van der Waals surface area contributed by atoms with Crippen molar-refractivity contribution in [2.75, 3.05) is 7.11 Å². The van der Waals surface area contributed by atoms with Crippen LogP contribution in [-0.2, 0) is 0 Å². The smallest absolute Gasteiger partial charge is 0.213 e. The molecule has 0 spiro atoms. The fourth-order valence-electron chi connectivity index (χ4n) is 4.07. The van der Waals surface area contributed by atoms with E-state index in [0.29, 0.717) is 6.42 Å². The Labute approximate surface area is 169 Å². The van der Waals surface area contributed by atoms with Crippen LogP contribution in [0.15, 0.2) is 71.8 Å². The van der Waals surface area contributed by atoms with Gasteiger partial charge in [0.2, 0.25) is 6.23 Å². The average molecular weight is 386 g/mol. The summed E-state index contributed by atoms with van der Waals surface area (Å²) < 4.78 is 11.6. The molecule has 0 amide bonds. The molecule has 0 saturated carbocycles. The van der Waals surface area contributed by atoms with Gasteiger partial charge in [-0.3, -0.25) is 0 Å². The number of hydrogen-bond acceptors (Lipinski definition) is 5. The summed E-state index contributed by atoms with van der Waals surface area (Å²) >= 11 is 0. The fourth-order valence-corrected chi connectivity index (χ4v) is 4.07. The van der Waals surface area contributed by atoms with Crippen molar-refractivity contribution in [1.29, 1.82) is 0 Å². The Balaban J connectivity index is 1.59. The molecule has 5 heteroatoms. The number of phenols is 1. The lowest BCUT2D eigenvalue weighted by molar-refractivity contribution is -0.0190. The lowest BCUT2D eigenvalue weighted by Crippen LogP contribution is -2.33. The monoisotopic (exact) mass is 386 g/mol. The fraction of sp³-hybridized carbons (Fsp3) is 0.208. The van der Waals surface area contributed by atoms with Crippen LogP contribution in [0.3, 0.4) is 0 Å². The van der Waals surface area contributed by atoms with Gasteiger partial charge in [0.25, 0.3) is 0 Å². The first-order valence-electron chi connectivity index (χ1n) is 9.69. The van der Waals surface area contributed by atoms with Crippen LogP contribution in [0.25, 0.3) is 0 Å². The van der Waals surface area contributed by atoms with E-state index in [4.69, 9.17) is 14.6 Å². The standard InChI is InChI=1S/C24H22N2O3/c1-15-7-12-22(27)19(13-15)20-14-21-18-5-3-4-6-23(18)29-24(26(21)25-20)16-8-10-17(28-2)11-9-16/h3-13,21,24,27H,14H2,1-2H3/t21-,24+/m1/s1. The van der Waals surface area contributed by atoms with Crippen LogP contribution in [-0.4, -0.2) is 22.9 Å². The van der Waals surface area contributed by atoms with Gasteiger partial charge in [-0.25, -0.2) is 5.01 Å². The van der Waals surface area contributed by atoms with Gasteiger partial charge >= 0.3 is 0 Å². The van der Waals surface area contributed by atoms with Crippen molar-refractivity contribution in [3.8, 4) is 17.2 Å². The molecule has 0 radical (unpaired) electrons. The first kappa shape index (κ1) is 17.6. The third kappa shape index (κ3) is 2.99. The largest absolute Gasteiger partial charge is 0.507 e. The number of hydrogen-bond donors (Lipinski definition) is 1. The number of aromatic hydroxyl groups is 1. The summed E-state index contributed by atoms with van der Waals surface area (Å²) in [5.74, 6) is 1.93. The minimum absolute atomic E-state index is 0.0574. The summed E-state index contributed by atoms with van der Waals surface area (Å²) in [6.45, 7) is 2.02. The van der Waals surface area contributed by atoms with Crippen LogP contribution < -0.4 is 9.47 Å². The summed E-state index contributed by atoms with van der Waals surface area (Å²) in [4.78, 5) is 0. The Bertz CT molecular complexity index is 1090. The molecule has 29 heavy (non-hydrogen) atoms. The summed E-state index contributed by atoms with van der Waals surface area (Å²) in [5, 5.41) is 17.4. The third-order valence-corrected chi connectivity index (χ3v) is 5.56. The molecule has 2 aliphatic heterocycles. The molecule has 0 aromatic heterocycles.